The Morgan fingerprint density at radius 3 is 2.64 bits per heavy atom. The minimum Gasteiger partial charge on any atom is -0.501 e. The first-order valence-corrected chi connectivity index (χ1v) is 13.6. The van der Waals surface area contributed by atoms with Crippen LogP contribution in [0.1, 0.15) is 53.6 Å². The van der Waals surface area contributed by atoms with Gasteiger partial charge in [-0.2, -0.15) is 0 Å². The molecule has 1 amide bonds. The summed E-state index contributed by atoms with van der Waals surface area (Å²) < 4.78 is 0.349. The normalized spacial score (nSPS) is 15.6. The first kappa shape index (κ1) is 26.6. The number of rotatable bonds is 5. The second-order valence-corrected chi connectivity index (χ2v) is 12.5. The standard InChI is InChI=1S/C26H25ClIN3O4S/c1-26(2,3)15-4-9-18-21(12-15)36-25(22(18)24(33)30-17-7-5-16(27)6-8-17)29-13-14-10-19(28)23(32)20(11-14)31(34)35/h5-8,10-11,13,15,32H,4,9,12H2,1-3H3,(H,30,33)/t15-/m0/s1. The molecule has 0 unspecified atom stereocenters. The first-order chi connectivity index (χ1) is 16.9. The number of carbonyl (C=O) groups is 1. The second kappa shape index (κ2) is 10.5. The van der Waals surface area contributed by atoms with E-state index >= 15 is 0 Å². The van der Waals surface area contributed by atoms with Gasteiger partial charge >= 0.3 is 5.69 Å². The topological polar surface area (TPSA) is 105 Å². The number of aromatic hydroxyl groups is 1. The minimum absolute atomic E-state index is 0.151. The number of nitrogens with one attached hydrogen (secondary N) is 1. The van der Waals surface area contributed by atoms with E-state index in [2.05, 4.69) is 31.1 Å². The highest BCUT2D eigenvalue weighted by molar-refractivity contribution is 14.1. The molecule has 1 aliphatic carbocycles. The Morgan fingerprint density at radius 2 is 2.00 bits per heavy atom. The SMILES string of the molecule is CC(C)(C)[C@H]1CCc2c(sc(N=Cc3cc(I)c(O)c([N+](=O)[O-])c3)c2C(=O)Nc2ccc(Cl)cc2)C1. The number of halogens is 2. The molecule has 1 aromatic heterocycles. The van der Waals surface area contributed by atoms with E-state index in [9.17, 15) is 20.0 Å². The van der Waals surface area contributed by atoms with Crippen LogP contribution in [0, 0.1) is 25.0 Å². The van der Waals surface area contributed by atoms with Gasteiger partial charge in [-0.3, -0.25) is 14.9 Å². The summed E-state index contributed by atoms with van der Waals surface area (Å²) in [6, 6.07) is 9.81. The number of hydrogen-bond donors (Lipinski definition) is 2. The van der Waals surface area contributed by atoms with E-state index in [4.69, 9.17) is 11.6 Å². The Kier molecular flexibility index (Phi) is 7.72. The van der Waals surface area contributed by atoms with Crippen LogP contribution in [0.3, 0.4) is 0 Å². The van der Waals surface area contributed by atoms with Crippen LogP contribution in [-0.4, -0.2) is 22.2 Å². The number of nitro benzene ring substituents is 1. The van der Waals surface area contributed by atoms with Crippen LogP contribution >= 0.6 is 45.5 Å². The smallest absolute Gasteiger partial charge is 0.312 e. The van der Waals surface area contributed by atoms with Crippen molar-refractivity contribution in [2.75, 3.05) is 5.32 Å². The van der Waals surface area contributed by atoms with Crippen molar-refractivity contribution in [1.82, 2.24) is 0 Å². The van der Waals surface area contributed by atoms with Crippen LogP contribution in [0.4, 0.5) is 16.4 Å². The Hall–Kier alpha value is -2.50. The summed E-state index contributed by atoms with van der Waals surface area (Å²) in [6.07, 6.45) is 4.16. The molecule has 3 aromatic rings. The van der Waals surface area contributed by atoms with Gasteiger partial charge in [0.2, 0.25) is 5.75 Å². The molecule has 10 heteroatoms. The number of thiophene rings is 1. The van der Waals surface area contributed by atoms with Gasteiger partial charge in [0.05, 0.1) is 14.1 Å². The summed E-state index contributed by atoms with van der Waals surface area (Å²) in [5, 5.41) is 25.4. The monoisotopic (exact) mass is 637 g/mol. The van der Waals surface area contributed by atoms with Gasteiger partial charge in [0.25, 0.3) is 5.91 Å². The third-order valence-corrected chi connectivity index (χ3v) is 8.63. The summed E-state index contributed by atoms with van der Waals surface area (Å²) in [7, 11) is 0. The van der Waals surface area contributed by atoms with Gasteiger partial charge in [0.1, 0.15) is 5.00 Å². The molecule has 188 valence electrons. The fraction of sp³-hybridized carbons (Fsp3) is 0.308. The van der Waals surface area contributed by atoms with Crippen molar-refractivity contribution in [3.8, 4) is 5.75 Å². The minimum atomic E-state index is -0.629. The summed E-state index contributed by atoms with van der Waals surface area (Å²) >= 11 is 9.32. The molecule has 1 aliphatic rings. The molecule has 7 nitrogen and oxygen atoms in total. The molecule has 1 atom stereocenters. The molecule has 1 heterocycles. The van der Waals surface area contributed by atoms with Crippen molar-refractivity contribution < 1.29 is 14.8 Å². The average molecular weight is 638 g/mol. The molecule has 4 rings (SSSR count). The zero-order valence-corrected chi connectivity index (χ0v) is 23.7. The van der Waals surface area contributed by atoms with Gasteiger partial charge in [0, 0.05) is 33.4 Å². The zero-order valence-electron chi connectivity index (χ0n) is 20.0. The third-order valence-electron chi connectivity index (χ3n) is 6.39. The lowest BCUT2D eigenvalue weighted by Gasteiger charge is -2.33. The maximum Gasteiger partial charge on any atom is 0.312 e. The molecule has 0 saturated heterocycles. The predicted octanol–water partition coefficient (Wildman–Crippen LogP) is 7.77. The first-order valence-electron chi connectivity index (χ1n) is 11.4. The number of amides is 1. The van der Waals surface area contributed by atoms with E-state index in [1.807, 2.05) is 22.6 Å². The lowest BCUT2D eigenvalue weighted by molar-refractivity contribution is -0.386. The van der Waals surface area contributed by atoms with Crippen molar-refractivity contribution >= 4 is 74.0 Å². The van der Waals surface area contributed by atoms with Crippen LogP contribution in [-0.2, 0) is 12.8 Å². The molecule has 0 radical (unpaired) electrons. The van der Waals surface area contributed by atoms with Crippen LogP contribution < -0.4 is 5.32 Å². The van der Waals surface area contributed by atoms with Crippen molar-refractivity contribution in [3.05, 3.63) is 76.7 Å². The molecule has 2 aromatic carbocycles. The molecule has 36 heavy (non-hydrogen) atoms. The van der Waals surface area contributed by atoms with Crippen molar-refractivity contribution in [3.63, 3.8) is 0 Å². The Labute approximate surface area is 231 Å². The molecule has 0 fully saturated rings. The number of anilines is 1. The number of carbonyl (C=O) groups excluding carboxylic acids is 1. The van der Waals surface area contributed by atoms with Gasteiger partial charge in [0.15, 0.2) is 0 Å². The van der Waals surface area contributed by atoms with Gasteiger partial charge in [-0.15, -0.1) is 11.3 Å². The quantitative estimate of drug-likeness (QED) is 0.129. The Balaban J connectivity index is 1.74. The number of nitrogens with zero attached hydrogens (tertiary/aromatic N) is 2. The van der Waals surface area contributed by atoms with E-state index in [1.54, 1.807) is 30.3 Å². The van der Waals surface area contributed by atoms with E-state index in [0.717, 1.165) is 29.7 Å². The fourth-order valence-electron chi connectivity index (χ4n) is 4.31. The van der Waals surface area contributed by atoms with E-state index < -0.39 is 4.92 Å². The van der Waals surface area contributed by atoms with E-state index in [-0.39, 0.29) is 22.8 Å². The highest BCUT2D eigenvalue weighted by Crippen LogP contribution is 2.45. The lowest BCUT2D eigenvalue weighted by atomic mass is 9.72. The van der Waals surface area contributed by atoms with Crippen LogP contribution in [0.2, 0.25) is 5.02 Å². The molecular weight excluding hydrogens is 613 g/mol. The Morgan fingerprint density at radius 1 is 1.31 bits per heavy atom. The molecular formula is C26H25ClIN3O4S. The highest BCUT2D eigenvalue weighted by Gasteiger charge is 2.33. The number of phenols is 1. The highest BCUT2D eigenvalue weighted by atomic mass is 127. The van der Waals surface area contributed by atoms with Crippen molar-refractivity contribution in [1.29, 1.82) is 0 Å². The molecule has 0 spiro atoms. The molecule has 0 saturated carbocycles. The van der Waals surface area contributed by atoms with E-state index in [0.29, 0.717) is 36.3 Å². The second-order valence-electron chi connectivity index (χ2n) is 9.84. The summed E-state index contributed by atoms with van der Waals surface area (Å²) in [6.45, 7) is 6.72. The zero-order chi connectivity index (χ0) is 26.2. The number of aliphatic imine (C=N–C) groups is 1. The lowest BCUT2D eigenvalue weighted by Crippen LogP contribution is -2.27. The maximum absolute atomic E-state index is 13.4. The number of phenolic OH excluding ortho intramolecular Hbond substituents is 1. The van der Waals surface area contributed by atoms with Gasteiger partial charge in [-0.1, -0.05) is 32.4 Å². The predicted molar refractivity (Wildman–Crippen MR) is 153 cm³/mol. The number of fused-ring (bicyclic) bond motifs is 1. The maximum atomic E-state index is 13.4. The number of hydrogen-bond acceptors (Lipinski definition) is 6. The van der Waals surface area contributed by atoms with Crippen LogP contribution in [0.15, 0.2) is 41.4 Å². The largest absolute Gasteiger partial charge is 0.501 e. The molecule has 0 aliphatic heterocycles. The van der Waals surface area contributed by atoms with Gasteiger partial charge in [-0.25, -0.2) is 4.99 Å². The van der Waals surface area contributed by atoms with Crippen molar-refractivity contribution in [2.24, 2.45) is 16.3 Å². The van der Waals surface area contributed by atoms with Crippen molar-refractivity contribution in [2.45, 2.75) is 40.0 Å². The van der Waals surface area contributed by atoms with E-state index in [1.165, 1.54) is 23.6 Å². The van der Waals surface area contributed by atoms with Crippen LogP contribution in [0.25, 0.3) is 0 Å². The average Bonchev–Trinajstić information content (AvgIpc) is 3.18. The summed E-state index contributed by atoms with van der Waals surface area (Å²) in [5.41, 5.74) is 2.42. The summed E-state index contributed by atoms with van der Waals surface area (Å²) in [5.74, 6) is -0.128. The molecule has 0 bridgehead atoms. The van der Waals surface area contributed by atoms with Gasteiger partial charge < -0.3 is 10.4 Å². The third kappa shape index (κ3) is 5.73. The number of nitro groups is 1. The summed E-state index contributed by atoms with van der Waals surface area (Å²) in [4.78, 5) is 29.9. The fourth-order valence-corrected chi connectivity index (χ4v) is 6.34. The van der Waals surface area contributed by atoms with Crippen LogP contribution in [0.5, 0.6) is 5.75 Å². The van der Waals surface area contributed by atoms with Gasteiger partial charge in [-0.05, 0) is 89.1 Å². The Bertz CT molecular complexity index is 1360. The molecule has 2 N–H and O–H groups in total. The number of benzene rings is 2.